The van der Waals surface area contributed by atoms with Crippen molar-refractivity contribution in [1.29, 1.82) is 0 Å². The first-order valence-electron chi connectivity index (χ1n) is 4.75. The van der Waals surface area contributed by atoms with Crippen LogP contribution in [0, 0.1) is 0 Å². The van der Waals surface area contributed by atoms with Gasteiger partial charge in [0.15, 0.2) is 0 Å². The number of benzene rings is 1. The molecule has 0 heterocycles. The van der Waals surface area contributed by atoms with Crippen molar-refractivity contribution in [3.8, 4) is 0 Å². The van der Waals surface area contributed by atoms with Crippen LogP contribution in [-0.2, 0) is 6.18 Å². The molecule has 0 saturated heterocycles. The van der Waals surface area contributed by atoms with E-state index in [2.05, 4.69) is 10.0 Å². The second-order valence-electron chi connectivity index (χ2n) is 3.62. The molecule has 0 aliphatic heterocycles. The first-order chi connectivity index (χ1) is 8.27. The van der Waals surface area contributed by atoms with Crippen LogP contribution in [0.1, 0.15) is 15.9 Å². The SMILES string of the molecule is CN(C)C(=O)c1ccc(N=[N+]=[N-])cc1C(F)(F)F. The molecule has 0 spiro atoms. The molecule has 96 valence electrons. The van der Waals surface area contributed by atoms with Crippen LogP contribution >= 0.6 is 0 Å². The summed E-state index contributed by atoms with van der Waals surface area (Å²) in [6.45, 7) is 0. The Hall–Kier alpha value is -2.21. The summed E-state index contributed by atoms with van der Waals surface area (Å²) in [5, 5.41) is 3.08. The van der Waals surface area contributed by atoms with E-state index in [9.17, 15) is 18.0 Å². The smallest absolute Gasteiger partial charge is 0.345 e. The molecule has 0 radical (unpaired) electrons. The quantitative estimate of drug-likeness (QED) is 0.455. The average molecular weight is 258 g/mol. The van der Waals surface area contributed by atoms with Crippen molar-refractivity contribution in [1.82, 2.24) is 4.90 Å². The lowest BCUT2D eigenvalue weighted by molar-refractivity contribution is -0.138. The van der Waals surface area contributed by atoms with E-state index in [0.717, 1.165) is 17.0 Å². The maximum atomic E-state index is 12.8. The molecule has 18 heavy (non-hydrogen) atoms. The van der Waals surface area contributed by atoms with Gasteiger partial charge in [-0.1, -0.05) is 11.2 Å². The molecule has 8 heteroatoms. The molecule has 0 aliphatic carbocycles. The number of carbonyl (C=O) groups excluding carboxylic acids is 1. The minimum atomic E-state index is -4.69. The first kappa shape index (κ1) is 13.9. The van der Waals surface area contributed by atoms with E-state index in [1.165, 1.54) is 14.1 Å². The number of halogens is 3. The van der Waals surface area contributed by atoms with E-state index >= 15 is 0 Å². The number of hydrogen-bond acceptors (Lipinski definition) is 2. The number of carbonyl (C=O) groups is 1. The molecule has 0 N–H and O–H groups in total. The molecule has 0 saturated carbocycles. The van der Waals surface area contributed by atoms with Gasteiger partial charge in [0.1, 0.15) is 0 Å². The highest BCUT2D eigenvalue weighted by molar-refractivity contribution is 5.96. The largest absolute Gasteiger partial charge is 0.417 e. The second kappa shape index (κ2) is 4.97. The summed E-state index contributed by atoms with van der Waals surface area (Å²) in [7, 11) is 2.70. The summed E-state index contributed by atoms with van der Waals surface area (Å²) < 4.78 is 38.4. The zero-order valence-electron chi connectivity index (χ0n) is 9.56. The van der Waals surface area contributed by atoms with Crippen molar-refractivity contribution in [3.05, 3.63) is 39.8 Å². The number of nitrogens with zero attached hydrogens (tertiary/aromatic N) is 4. The van der Waals surface area contributed by atoms with Gasteiger partial charge in [-0.15, -0.1) is 0 Å². The maximum Gasteiger partial charge on any atom is 0.417 e. The van der Waals surface area contributed by atoms with E-state index in [4.69, 9.17) is 5.53 Å². The van der Waals surface area contributed by atoms with Gasteiger partial charge in [0, 0.05) is 24.7 Å². The van der Waals surface area contributed by atoms with E-state index in [1.54, 1.807) is 0 Å². The predicted octanol–water partition coefficient (Wildman–Crippen LogP) is 3.35. The Kier molecular flexibility index (Phi) is 3.82. The Morgan fingerprint density at radius 1 is 1.39 bits per heavy atom. The van der Waals surface area contributed by atoms with Crippen molar-refractivity contribution in [2.75, 3.05) is 14.1 Å². The predicted molar refractivity (Wildman–Crippen MR) is 58.3 cm³/mol. The van der Waals surface area contributed by atoms with Crippen LogP contribution in [0.15, 0.2) is 23.3 Å². The van der Waals surface area contributed by atoms with Gasteiger partial charge in [-0.25, -0.2) is 0 Å². The minimum absolute atomic E-state index is 0.194. The van der Waals surface area contributed by atoms with Crippen molar-refractivity contribution < 1.29 is 18.0 Å². The third kappa shape index (κ3) is 2.92. The molecule has 0 aromatic heterocycles. The van der Waals surface area contributed by atoms with Gasteiger partial charge in [0.05, 0.1) is 11.1 Å². The van der Waals surface area contributed by atoms with Gasteiger partial charge < -0.3 is 4.90 Å². The number of alkyl halides is 3. The standard InChI is InChI=1S/C10H9F3N4O/c1-17(2)9(18)7-4-3-6(15-16-14)5-8(7)10(11,12)13/h3-5H,1-2H3. The van der Waals surface area contributed by atoms with Gasteiger partial charge in [-0.05, 0) is 17.7 Å². The van der Waals surface area contributed by atoms with E-state index in [0.29, 0.717) is 6.07 Å². The summed E-state index contributed by atoms with van der Waals surface area (Å²) in [6, 6.07) is 2.80. The summed E-state index contributed by atoms with van der Waals surface area (Å²) >= 11 is 0. The lowest BCUT2D eigenvalue weighted by Crippen LogP contribution is -2.25. The van der Waals surface area contributed by atoms with Gasteiger partial charge in [0.2, 0.25) is 0 Å². The lowest BCUT2D eigenvalue weighted by Gasteiger charge is -2.16. The van der Waals surface area contributed by atoms with E-state index < -0.39 is 23.2 Å². The molecular weight excluding hydrogens is 249 g/mol. The third-order valence-electron chi connectivity index (χ3n) is 2.11. The molecule has 0 unspecified atom stereocenters. The second-order valence-corrected chi connectivity index (χ2v) is 3.62. The summed E-state index contributed by atoms with van der Waals surface area (Å²) in [4.78, 5) is 15.0. The van der Waals surface area contributed by atoms with E-state index in [-0.39, 0.29) is 5.69 Å². The lowest BCUT2D eigenvalue weighted by atomic mass is 10.1. The Morgan fingerprint density at radius 2 is 2.00 bits per heavy atom. The molecule has 1 aromatic carbocycles. The molecule has 1 amide bonds. The van der Waals surface area contributed by atoms with Gasteiger partial charge in [-0.2, -0.15) is 13.2 Å². The molecule has 0 atom stereocenters. The summed E-state index contributed by atoms with van der Waals surface area (Å²) in [6.07, 6.45) is -4.69. The van der Waals surface area contributed by atoms with Gasteiger partial charge >= 0.3 is 6.18 Å². The number of amides is 1. The Morgan fingerprint density at radius 3 is 2.44 bits per heavy atom. The van der Waals surface area contributed by atoms with Crippen LogP contribution in [-0.4, -0.2) is 24.9 Å². The Balaban J connectivity index is 3.44. The minimum Gasteiger partial charge on any atom is -0.345 e. The van der Waals surface area contributed by atoms with Crippen molar-refractivity contribution in [2.24, 2.45) is 5.11 Å². The molecule has 1 aromatic rings. The van der Waals surface area contributed by atoms with Gasteiger partial charge in [0.25, 0.3) is 5.91 Å². The molecule has 0 fully saturated rings. The van der Waals surface area contributed by atoms with Crippen LogP contribution in [0.3, 0.4) is 0 Å². The highest BCUT2D eigenvalue weighted by Gasteiger charge is 2.35. The van der Waals surface area contributed by atoms with Crippen molar-refractivity contribution in [2.45, 2.75) is 6.18 Å². The first-order valence-corrected chi connectivity index (χ1v) is 4.75. The summed E-state index contributed by atoms with van der Waals surface area (Å²) in [5.41, 5.74) is 6.39. The summed E-state index contributed by atoms with van der Waals surface area (Å²) in [5.74, 6) is -0.769. The van der Waals surface area contributed by atoms with Crippen LogP contribution in [0.4, 0.5) is 18.9 Å². The highest BCUT2D eigenvalue weighted by atomic mass is 19.4. The average Bonchev–Trinajstić information content (AvgIpc) is 2.27. The Labute approximate surface area is 100 Å². The molecular formula is C10H9F3N4O. The fourth-order valence-corrected chi connectivity index (χ4v) is 1.31. The highest BCUT2D eigenvalue weighted by Crippen LogP contribution is 2.34. The normalized spacial score (nSPS) is 10.7. The fraction of sp³-hybridized carbons (Fsp3) is 0.300. The monoisotopic (exact) mass is 258 g/mol. The zero-order chi connectivity index (χ0) is 13.9. The zero-order valence-corrected chi connectivity index (χ0v) is 9.56. The molecule has 5 nitrogen and oxygen atoms in total. The maximum absolute atomic E-state index is 12.8. The van der Waals surface area contributed by atoms with Gasteiger partial charge in [-0.3, -0.25) is 4.79 Å². The molecule has 0 aliphatic rings. The van der Waals surface area contributed by atoms with E-state index in [1.807, 2.05) is 0 Å². The van der Waals surface area contributed by atoms with Crippen molar-refractivity contribution >= 4 is 11.6 Å². The van der Waals surface area contributed by atoms with Crippen LogP contribution in [0.5, 0.6) is 0 Å². The van der Waals surface area contributed by atoms with Crippen molar-refractivity contribution in [3.63, 3.8) is 0 Å². The number of hydrogen-bond donors (Lipinski definition) is 0. The Bertz CT molecular complexity index is 518. The topological polar surface area (TPSA) is 69.1 Å². The van der Waals surface area contributed by atoms with Crippen LogP contribution in [0.2, 0.25) is 0 Å². The van der Waals surface area contributed by atoms with Crippen LogP contribution < -0.4 is 0 Å². The molecule has 0 bridgehead atoms. The third-order valence-corrected chi connectivity index (χ3v) is 2.11. The fourth-order valence-electron chi connectivity index (χ4n) is 1.31. The number of rotatable bonds is 2. The van der Waals surface area contributed by atoms with Crippen LogP contribution in [0.25, 0.3) is 10.4 Å². The molecule has 1 rings (SSSR count). The number of azide groups is 1.